The third kappa shape index (κ3) is 3.13. The molecule has 0 saturated carbocycles. The van der Waals surface area contributed by atoms with Crippen molar-refractivity contribution in [1.29, 1.82) is 0 Å². The number of fused-ring (bicyclic) bond motifs is 1. The van der Waals surface area contributed by atoms with E-state index in [1.165, 1.54) is 11.6 Å². The van der Waals surface area contributed by atoms with E-state index in [0.717, 1.165) is 24.2 Å². The van der Waals surface area contributed by atoms with Crippen LogP contribution in [-0.4, -0.2) is 41.6 Å². The summed E-state index contributed by atoms with van der Waals surface area (Å²) in [6.07, 6.45) is 5.60. The number of hydrogen-bond acceptors (Lipinski definition) is 3. The number of hydrogen-bond donors (Lipinski definition) is 1. The number of amides is 1. The van der Waals surface area contributed by atoms with Gasteiger partial charge in [-0.05, 0) is 42.2 Å². The van der Waals surface area contributed by atoms with E-state index in [0.29, 0.717) is 26.1 Å². The van der Waals surface area contributed by atoms with Crippen LogP contribution in [0.2, 0.25) is 0 Å². The number of carbonyl (C=O) groups excluding carboxylic acids is 1. The number of rotatable bonds is 3. The lowest BCUT2D eigenvalue weighted by atomic mass is 9.98. The Balaban J connectivity index is 1.64. The highest BCUT2D eigenvalue weighted by Crippen LogP contribution is 2.26. The third-order valence-electron chi connectivity index (χ3n) is 4.21. The minimum absolute atomic E-state index is 0.123. The van der Waals surface area contributed by atoms with Crippen LogP contribution in [0.5, 0.6) is 5.75 Å². The summed E-state index contributed by atoms with van der Waals surface area (Å²) in [5.41, 5.74) is 2.13. The first-order valence-electron chi connectivity index (χ1n) is 7.59. The van der Waals surface area contributed by atoms with Gasteiger partial charge in [-0.3, -0.25) is 9.59 Å². The van der Waals surface area contributed by atoms with Crippen molar-refractivity contribution in [3.05, 3.63) is 35.4 Å². The fraction of sp³-hybridized carbons (Fsp3) is 0.412. The lowest BCUT2D eigenvalue weighted by Gasteiger charge is -2.29. The lowest BCUT2D eigenvalue weighted by Crippen LogP contribution is -2.41. The quantitative estimate of drug-likeness (QED) is 0.867. The van der Waals surface area contributed by atoms with Crippen molar-refractivity contribution in [2.75, 3.05) is 19.7 Å². The first-order chi connectivity index (χ1) is 10.6. The molecule has 3 rings (SSSR count). The molecule has 0 unspecified atom stereocenters. The van der Waals surface area contributed by atoms with Crippen LogP contribution in [0.15, 0.2) is 24.3 Å². The van der Waals surface area contributed by atoms with E-state index < -0.39 is 11.9 Å². The van der Waals surface area contributed by atoms with E-state index in [-0.39, 0.29) is 5.91 Å². The number of ether oxygens (including phenoxy) is 1. The van der Waals surface area contributed by atoms with Crippen LogP contribution >= 0.6 is 0 Å². The van der Waals surface area contributed by atoms with E-state index in [2.05, 4.69) is 0 Å². The maximum Gasteiger partial charge on any atom is 0.308 e. The summed E-state index contributed by atoms with van der Waals surface area (Å²) in [4.78, 5) is 24.9. The Morgan fingerprint density at radius 1 is 1.36 bits per heavy atom. The predicted octanol–water partition coefficient (Wildman–Crippen LogP) is 1.96. The highest BCUT2D eigenvalue weighted by Gasteiger charge is 2.27. The second kappa shape index (κ2) is 6.22. The van der Waals surface area contributed by atoms with Gasteiger partial charge in [-0.2, -0.15) is 0 Å². The van der Waals surface area contributed by atoms with Crippen molar-refractivity contribution in [2.24, 2.45) is 5.92 Å². The molecule has 1 N–H and O–H groups in total. The van der Waals surface area contributed by atoms with Crippen LogP contribution in [0.4, 0.5) is 0 Å². The van der Waals surface area contributed by atoms with Gasteiger partial charge in [0.1, 0.15) is 5.75 Å². The predicted molar refractivity (Wildman–Crippen MR) is 81.6 cm³/mol. The SMILES string of the molecule is O=C(O)[C@@H]1CCCN(C(=O)/C=C\c2ccc3c(c2)CCO3)C1. The minimum Gasteiger partial charge on any atom is -0.493 e. The van der Waals surface area contributed by atoms with Crippen LogP contribution in [0.25, 0.3) is 6.08 Å². The van der Waals surface area contributed by atoms with Crippen molar-refractivity contribution < 1.29 is 19.4 Å². The van der Waals surface area contributed by atoms with Gasteiger partial charge in [0.2, 0.25) is 5.91 Å². The first kappa shape index (κ1) is 14.6. The molecule has 2 aliphatic heterocycles. The highest BCUT2D eigenvalue weighted by molar-refractivity contribution is 5.92. The Morgan fingerprint density at radius 2 is 2.23 bits per heavy atom. The molecular weight excluding hydrogens is 282 g/mol. The summed E-state index contributed by atoms with van der Waals surface area (Å²) in [7, 11) is 0. The Hall–Kier alpha value is -2.30. The van der Waals surface area contributed by atoms with Gasteiger partial charge in [-0.15, -0.1) is 0 Å². The van der Waals surface area contributed by atoms with Crippen molar-refractivity contribution in [1.82, 2.24) is 4.90 Å². The van der Waals surface area contributed by atoms with E-state index in [1.54, 1.807) is 11.0 Å². The number of carbonyl (C=O) groups is 2. The Morgan fingerprint density at radius 3 is 3.05 bits per heavy atom. The van der Waals surface area contributed by atoms with Crippen molar-refractivity contribution in [3.8, 4) is 5.75 Å². The average Bonchev–Trinajstić information content (AvgIpc) is 3.00. The fourth-order valence-corrected chi connectivity index (χ4v) is 2.96. The summed E-state index contributed by atoms with van der Waals surface area (Å²) >= 11 is 0. The van der Waals surface area contributed by atoms with Gasteiger partial charge in [0.05, 0.1) is 12.5 Å². The number of carboxylic acids is 1. The van der Waals surface area contributed by atoms with E-state index in [9.17, 15) is 9.59 Å². The molecule has 116 valence electrons. The Bertz CT molecular complexity index is 623. The summed E-state index contributed by atoms with van der Waals surface area (Å²) in [6, 6.07) is 5.88. The molecule has 1 aromatic carbocycles. The van der Waals surface area contributed by atoms with Crippen LogP contribution in [0, 0.1) is 5.92 Å². The Labute approximate surface area is 129 Å². The van der Waals surface area contributed by atoms with Gasteiger partial charge in [0.25, 0.3) is 0 Å². The van der Waals surface area contributed by atoms with Crippen molar-refractivity contribution in [2.45, 2.75) is 19.3 Å². The molecule has 5 heteroatoms. The number of nitrogens with zero attached hydrogens (tertiary/aromatic N) is 1. The second-order valence-corrected chi connectivity index (χ2v) is 5.76. The fourth-order valence-electron chi connectivity index (χ4n) is 2.96. The molecule has 2 heterocycles. The van der Waals surface area contributed by atoms with Gasteiger partial charge in [-0.1, -0.05) is 6.07 Å². The molecule has 2 aliphatic rings. The van der Waals surface area contributed by atoms with Crippen LogP contribution in [0.1, 0.15) is 24.0 Å². The molecule has 1 saturated heterocycles. The Kier molecular flexibility index (Phi) is 4.13. The molecule has 1 amide bonds. The molecule has 1 fully saturated rings. The van der Waals surface area contributed by atoms with Gasteiger partial charge < -0.3 is 14.7 Å². The van der Waals surface area contributed by atoms with E-state index in [1.807, 2.05) is 18.2 Å². The van der Waals surface area contributed by atoms with Gasteiger partial charge in [0.15, 0.2) is 0 Å². The maximum absolute atomic E-state index is 12.2. The van der Waals surface area contributed by atoms with Gasteiger partial charge in [0, 0.05) is 25.6 Å². The summed E-state index contributed by atoms with van der Waals surface area (Å²) in [5.74, 6) is -0.463. The zero-order chi connectivity index (χ0) is 15.5. The topological polar surface area (TPSA) is 66.8 Å². The second-order valence-electron chi connectivity index (χ2n) is 5.76. The van der Waals surface area contributed by atoms with E-state index in [4.69, 9.17) is 9.84 Å². The highest BCUT2D eigenvalue weighted by atomic mass is 16.5. The lowest BCUT2D eigenvalue weighted by molar-refractivity contribution is -0.144. The van der Waals surface area contributed by atoms with Crippen molar-refractivity contribution in [3.63, 3.8) is 0 Å². The standard InChI is InChI=1S/C17H19NO4/c19-16(18-8-1-2-14(11-18)17(20)21)6-4-12-3-5-15-13(10-12)7-9-22-15/h3-6,10,14H,1-2,7-9,11H2,(H,20,21)/b6-4-/t14-/m1/s1. The zero-order valence-corrected chi connectivity index (χ0v) is 12.3. The summed E-state index contributed by atoms with van der Waals surface area (Å²) in [5, 5.41) is 9.07. The maximum atomic E-state index is 12.2. The molecule has 0 aliphatic carbocycles. The number of carboxylic acid groups (broad SMARTS) is 1. The zero-order valence-electron chi connectivity index (χ0n) is 12.3. The molecule has 22 heavy (non-hydrogen) atoms. The first-order valence-corrected chi connectivity index (χ1v) is 7.59. The molecular formula is C17H19NO4. The number of likely N-dealkylation sites (tertiary alicyclic amines) is 1. The minimum atomic E-state index is -0.819. The van der Waals surface area contributed by atoms with Crippen LogP contribution in [0.3, 0.4) is 0 Å². The summed E-state index contributed by atoms with van der Waals surface area (Å²) < 4.78 is 5.45. The smallest absolute Gasteiger partial charge is 0.308 e. The molecule has 0 bridgehead atoms. The summed E-state index contributed by atoms with van der Waals surface area (Å²) in [6.45, 7) is 1.65. The molecule has 0 spiro atoms. The third-order valence-corrected chi connectivity index (χ3v) is 4.21. The molecule has 0 aromatic heterocycles. The number of aliphatic carboxylic acids is 1. The van der Waals surface area contributed by atoms with Crippen molar-refractivity contribution >= 4 is 18.0 Å². The van der Waals surface area contributed by atoms with E-state index >= 15 is 0 Å². The number of benzene rings is 1. The molecule has 5 nitrogen and oxygen atoms in total. The van der Waals surface area contributed by atoms with Crippen LogP contribution < -0.4 is 4.74 Å². The van der Waals surface area contributed by atoms with Crippen LogP contribution in [-0.2, 0) is 16.0 Å². The molecule has 0 radical (unpaired) electrons. The number of piperidine rings is 1. The molecule has 1 aromatic rings. The monoisotopic (exact) mass is 301 g/mol. The largest absolute Gasteiger partial charge is 0.493 e. The normalized spacial score (nSPS) is 20.7. The van der Waals surface area contributed by atoms with Gasteiger partial charge >= 0.3 is 5.97 Å². The molecule has 1 atom stereocenters. The average molecular weight is 301 g/mol. The van der Waals surface area contributed by atoms with Gasteiger partial charge in [-0.25, -0.2) is 0 Å².